The lowest BCUT2D eigenvalue weighted by molar-refractivity contribution is 0.249. The van der Waals surface area contributed by atoms with Crippen molar-refractivity contribution in [2.24, 2.45) is 0 Å². The van der Waals surface area contributed by atoms with E-state index in [0.717, 1.165) is 41.8 Å². The van der Waals surface area contributed by atoms with Crippen LogP contribution in [0, 0.1) is 6.92 Å². The Morgan fingerprint density at radius 2 is 2.00 bits per heavy atom. The number of benzene rings is 2. The Morgan fingerprint density at radius 1 is 1.19 bits per heavy atom. The van der Waals surface area contributed by atoms with Gasteiger partial charge in [-0.15, -0.1) is 0 Å². The third-order valence-corrected chi connectivity index (χ3v) is 5.09. The van der Waals surface area contributed by atoms with Crippen molar-refractivity contribution in [2.75, 3.05) is 23.3 Å². The van der Waals surface area contributed by atoms with E-state index in [1.54, 1.807) is 6.20 Å². The molecule has 2 heterocycles. The molecule has 2 amide bonds. The summed E-state index contributed by atoms with van der Waals surface area (Å²) in [6.07, 6.45) is 2.71. The van der Waals surface area contributed by atoms with Crippen molar-refractivity contribution in [2.45, 2.75) is 19.4 Å². The van der Waals surface area contributed by atoms with E-state index in [4.69, 9.17) is 11.6 Å². The van der Waals surface area contributed by atoms with Gasteiger partial charge in [0.2, 0.25) is 0 Å². The Kier molecular flexibility index (Phi) is 4.86. The van der Waals surface area contributed by atoms with Crippen LogP contribution in [0.4, 0.5) is 16.2 Å². The largest absolute Gasteiger partial charge is 0.369 e. The van der Waals surface area contributed by atoms with Crippen molar-refractivity contribution in [3.05, 3.63) is 65.3 Å². The first-order valence-electron chi connectivity index (χ1n) is 9.02. The second kappa shape index (κ2) is 7.45. The van der Waals surface area contributed by atoms with Crippen LogP contribution in [0.5, 0.6) is 0 Å². The molecule has 0 spiro atoms. The molecule has 1 fully saturated rings. The molecule has 0 saturated carbocycles. The third-order valence-electron chi connectivity index (χ3n) is 4.86. The van der Waals surface area contributed by atoms with Gasteiger partial charge in [0, 0.05) is 47.1 Å². The number of fused-ring (bicyclic) bond motifs is 1. The third kappa shape index (κ3) is 3.98. The molecule has 1 aromatic heterocycles. The van der Waals surface area contributed by atoms with E-state index in [1.165, 1.54) is 5.56 Å². The summed E-state index contributed by atoms with van der Waals surface area (Å²) < 4.78 is 0. The Labute approximate surface area is 163 Å². The first-order valence-corrected chi connectivity index (χ1v) is 9.40. The molecule has 0 radical (unpaired) electrons. The molecule has 4 rings (SSSR count). The second-order valence-corrected chi connectivity index (χ2v) is 7.32. The molecule has 1 atom stereocenters. The average molecular weight is 381 g/mol. The molecular weight excluding hydrogens is 360 g/mol. The fourth-order valence-electron chi connectivity index (χ4n) is 3.47. The molecule has 1 unspecified atom stereocenters. The van der Waals surface area contributed by atoms with Gasteiger partial charge < -0.3 is 15.5 Å². The maximum atomic E-state index is 12.3. The number of hydrogen-bond donors (Lipinski definition) is 2. The Balaban J connectivity index is 1.41. The first kappa shape index (κ1) is 17.6. The number of hydrogen-bond acceptors (Lipinski definition) is 3. The van der Waals surface area contributed by atoms with Crippen LogP contribution in [-0.2, 0) is 0 Å². The lowest BCUT2D eigenvalue weighted by Crippen LogP contribution is -2.39. The summed E-state index contributed by atoms with van der Waals surface area (Å²) in [5, 5.41) is 7.72. The van der Waals surface area contributed by atoms with Gasteiger partial charge in [0.1, 0.15) is 0 Å². The molecule has 2 N–H and O–H groups in total. The highest BCUT2D eigenvalue weighted by molar-refractivity contribution is 6.31. The summed E-state index contributed by atoms with van der Waals surface area (Å²) in [6.45, 7) is 3.67. The molecular formula is C21H21ClN4O. The summed E-state index contributed by atoms with van der Waals surface area (Å²) in [5.74, 6) is 0. The molecule has 1 aliphatic rings. The normalized spacial score (nSPS) is 16.5. The zero-order chi connectivity index (χ0) is 18.8. The van der Waals surface area contributed by atoms with Crippen LogP contribution in [0.3, 0.4) is 0 Å². The maximum Gasteiger partial charge on any atom is 0.319 e. The minimum Gasteiger partial charge on any atom is -0.369 e. The van der Waals surface area contributed by atoms with Gasteiger partial charge in [0.25, 0.3) is 0 Å². The number of carbonyl (C=O) groups excluding carboxylic acids is 1. The number of aromatic nitrogens is 1. The minimum atomic E-state index is -0.169. The zero-order valence-electron chi connectivity index (χ0n) is 15.1. The summed E-state index contributed by atoms with van der Waals surface area (Å²) in [5.41, 5.74) is 3.97. The fraction of sp³-hybridized carbons (Fsp3) is 0.238. The van der Waals surface area contributed by atoms with Gasteiger partial charge in [-0.05, 0) is 49.7 Å². The Morgan fingerprint density at radius 3 is 2.81 bits per heavy atom. The van der Waals surface area contributed by atoms with Crippen LogP contribution in [0.1, 0.15) is 12.0 Å². The van der Waals surface area contributed by atoms with E-state index in [-0.39, 0.29) is 12.1 Å². The summed E-state index contributed by atoms with van der Waals surface area (Å²) in [7, 11) is 0. The van der Waals surface area contributed by atoms with Gasteiger partial charge in [-0.25, -0.2) is 4.79 Å². The number of rotatable bonds is 3. The van der Waals surface area contributed by atoms with E-state index >= 15 is 0 Å². The standard InChI is InChI=1S/C21H21ClN4O/c1-14-2-5-16(6-3-14)24-21(27)25-17-9-11-26(13-17)20-8-10-23-19-12-15(22)4-7-18(19)20/h2-8,10,12,17H,9,11,13H2,1H3,(H2,24,25,27). The molecule has 1 saturated heterocycles. The van der Waals surface area contributed by atoms with Crippen molar-refractivity contribution in [1.82, 2.24) is 10.3 Å². The van der Waals surface area contributed by atoms with Crippen LogP contribution < -0.4 is 15.5 Å². The number of aryl methyl sites for hydroxylation is 1. The number of pyridine rings is 1. The second-order valence-electron chi connectivity index (χ2n) is 6.89. The molecule has 0 aliphatic carbocycles. The van der Waals surface area contributed by atoms with Crippen molar-refractivity contribution < 1.29 is 4.79 Å². The van der Waals surface area contributed by atoms with Crippen molar-refractivity contribution in [1.29, 1.82) is 0 Å². The highest BCUT2D eigenvalue weighted by atomic mass is 35.5. The van der Waals surface area contributed by atoms with Crippen LogP contribution in [0.2, 0.25) is 5.02 Å². The molecule has 5 nitrogen and oxygen atoms in total. The predicted molar refractivity (Wildman–Crippen MR) is 111 cm³/mol. The Bertz CT molecular complexity index is 974. The lowest BCUT2D eigenvalue weighted by atomic mass is 10.2. The van der Waals surface area contributed by atoms with Gasteiger partial charge in [0.15, 0.2) is 0 Å². The molecule has 2 aromatic carbocycles. The monoisotopic (exact) mass is 380 g/mol. The van der Waals surface area contributed by atoms with Gasteiger partial charge in [-0.1, -0.05) is 29.3 Å². The van der Waals surface area contributed by atoms with Crippen LogP contribution in [0.15, 0.2) is 54.7 Å². The lowest BCUT2D eigenvalue weighted by Gasteiger charge is -2.21. The minimum absolute atomic E-state index is 0.103. The maximum absolute atomic E-state index is 12.3. The molecule has 138 valence electrons. The van der Waals surface area contributed by atoms with Gasteiger partial charge in [-0.3, -0.25) is 4.98 Å². The first-order chi connectivity index (χ1) is 13.1. The number of carbonyl (C=O) groups is 1. The zero-order valence-corrected chi connectivity index (χ0v) is 15.8. The Hall–Kier alpha value is -2.79. The topological polar surface area (TPSA) is 57.3 Å². The van der Waals surface area contributed by atoms with E-state index in [0.29, 0.717) is 5.02 Å². The highest BCUT2D eigenvalue weighted by Crippen LogP contribution is 2.29. The van der Waals surface area contributed by atoms with E-state index in [9.17, 15) is 4.79 Å². The number of amides is 2. The van der Waals surface area contributed by atoms with Gasteiger partial charge in [0.05, 0.1) is 5.52 Å². The number of urea groups is 1. The smallest absolute Gasteiger partial charge is 0.319 e. The van der Waals surface area contributed by atoms with Gasteiger partial charge >= 0.3 is 6.03 Å². The van der Waals surface area contributed by atoms with E-state index < -0.39 is 0 Å². The molecule has 27 heavy (non-hydrogen) atoms. The van der Waals surface area contributed by atoms with Crippen LogP contribution in [-0.4, -0.2) is 30.1 Å². The molecule has 1 aliphatic heterocycles. The van der Waals surface area contributed by atoms with Crippen LogP contribution in [0.25, 0.3) is 10.9 Å². The quantitative estimate of drug-likeness (QED) is 0.698. The SMILES string of the molecule is Cc1ccc(NC(=O)NC2CCN(c3ccnc4cc(Cl)ccc34)C2)cc1. The van der Waals surface area contributed by atoms with E-state index in [2.05, 4.69) is 20.5 Å². The van der Waals surface area contributed by atoms with E-state index in [1.807, 2.05) is 55.5 Å². The summed E-state index contributed by atoms with van der Waals surface area (Å²) in [4.78, 5) is 19.0. The average Bonchev–Trinajstić information content (AvgIpc) is 3.11. The summed E-state index contributed by atoms with van der Waals surface area (Å²) in [6, 6.07) is 15.5. The fourth-order valence-corrected chi connectivity index (χ4v) is 3.63. The van der Waals surface area contributed by atoms with Gasteiger partial charge in [-0.2, -0.15) is 0 Å². The van der Waals surface area contributed by atoms with Crippen LogP contribution >= 0.6 is 11.6 Å². The molecule has 6 heteroatoms. The number of halogens is 1. The molecule has 3 aromatic rings. The predicted octanol–water partition coefficient (Wildman–Crippen LogP) is 4.60. The van der Waals surface area contributed by atoms with Crippen molar-refractivity contribution >= 4 is 39.9 Å². The highest BCUT2D eigenvalue weighted by Gasteiger charge is 2.25. The number of nitrogens with zero attached hydrogens (tertiary/aromatic N) is 2. The summed E-state index contributed by atoms with van der Waals surface area (Å²) >= 11 is 6.08. The van der Waals surface area contributed by atoms with Crippen molar-refractivity contribution in [3.8, 4) is 0 Å². The van der Waals surface area contributed by atoms with Crippen molar-refractivity contribution in [3.63, 3.8) is 0 Å². The molecule has 0 bridgehead atoms. The number of anilines is 2. The number of nitrogens with one attached hydrogen (secondary N) is 2.